The summed E-state index contributed by atoms with van der Waals surface area (Å²) in [7, 11) is 0. The van der Waals surface area contributed by atoms with Crippen LogP contribution in [0, 0.1) is 0 Å². The van der Waals surface area contributed by atoms with Crippen molar-refractivity contribution in [2.24, 2.45) is 0 Å². The molecule has 0 heterocycles. The first-order valence-electron chi connectivity index (χ1n) is 3.13. The van der Waals surface area contributed by atoms with Gasteiger partial charge in [-0.3, -0.25) is 0 Å². The highest BCUT2D eigenvalue weighted by Gasteiger charge is 2.15. The fourth-order valence-corrected chi connectivity index (χ4v) is 1.42. The van der Waals surface area contributed by atoms with Crippen LogP contribution in [0.15, 0.2) is 0 Å². The van der Waals surface area contributed by atoms with Crippen LogP contribution in [-0.2, 0) is 0 Å². The zero-order valence-electron chi connectivity index (χ0n) is 5.46. The molecule has 0 bridgehead atoms. The van der Waals surface area contributed by atoms with E-state index in [0.717, 1.165) is 6.42 Å². The smallest absolute Gasteiger partial charge is 0.0654 e. The van der Waals surface area contributed by atoms with Crippen LogP contribution in [-0.4, -0.2) is 2.14 Å². The van der Waals surface area contributed by atoms with Gasteiger partial charge in [0.05, 0.1) is 0 Å². The van der Waals surface area contributed by atoms with E-state index in [1.54, 1.807) is 0 Å². The van der Waals surface area contributed by atoms with Crippen LogP contribution in [0.1, 0.15) is 32.6 Å². The third-order valence-electron chi connectivity index (χ3n) is 1.06. The van der Waals surface area contributed by atoms with Gasteiger partial charge in [0.15, 0.2) is 0 Å². The highest BCUT2D eigenvalue weighted by Crippen LogP contribution is 2.38. The molecular formula is C6H11Br3. The van der Waals surface area contributed by atoms with Crippen molar-refractivity contribution in [1.82, 2.24) is 0 Å². The zero-order valence-corrected chi connectivity index (χ0v) is 10.2. The topological polar surface area (TPSA) is 0 Å². The van der Waals surface area contributed by atoms with Crippen molar-refractivity contribution < 1.29 is 0 Å². The Morgan fingerprint density at radius 3 is 2.00 bits per heavy atom. The maximum atomic E-state index is 3.44. The average Bonchev–Trinajstić information content (AvgIpc) is 1.63. The van der Waals surface area contributed by atoms with Gasteiger partial charge in [-0.15, -0.1) is 0 Å². The molecule has 0 N–H and O–H groups in total. The second kappa shape index (κ2) is 5.14. The number of hydrogen-bond acceptors (Lipinski definition) is 0. The third kappa shape index (κ3) is 9.44. The van der Waals surface area contributed by atoms with E-state index >= 15 is 0 Å². The van der Waals surface area contributed by atoms with Crippen LogP contribution in [0.2, 0.25) is 0 Å². The Labute approximate surface area is 82.2 Å². The monoisotopic (exact) mass is 320 g/mol. The second-order valence-corrected chi connectivity index (χ2v) is 9.33. The SMILES string of the molecule is CCCCCC(Br)(Br)Br. The molecule has 0 aliphatic carbocycles. The lowest BCUT2D eigenvalue weighted by Gasteiger charge is -2.09. The molecule has 0 fully saturated rings. The number of alkyl halides is 3. The van der Waals surface area contributed by atoms with Gasteiger partial charge < -0.3 is 0 Å². The van der Waals surface area contributed by atoms with Crippen LogP contribution >= 0.6 is 47.8 Å². The van der Waals surface area contributed by atoms with Gasteiger partial charge in [-0.05, 0) is 6.42 Å². The van der Waals surface area contributed by atoms with E-state index in [1.807, 2.05) is 0 Å². The molecule has 0 aliphatic heterocycles. The Kier molecular flexibility index (Phi) is 5.96. The molecule has 0 nitrogen and oxygen atoms in total. The molecule has 0 rings (SSSR count). The molecule has 0 aromatic rings. The second-order valence-electron chi connectivity index (χ2n) is 2.07. The Bertz CT molecular complexity index is 65.2. The summed E-state index contributed by atoms with van der Waals surface area (Å²) in [6.45, 7) is 2.21. The predicted molar refractivity (Wildman–Crippen MR) is 53.7 cm³/mol. The summed E-state index contributed by atoms with van der Waals surface area (Å²) in [5.41, 5.74) is 0. The van der Waals surface area contributed by atoms with Gasteiger partial charge in [-0.25, -0.2) is 0 Å². The Morgan fingerprint density at radius 1 is 1.11 bits per heavy atom. The molecular weight excluding hydrogens is 312 g/mol. The third-order valence-corrected chi connectivity index (χ3v) is 2.25. The highest BCUT2D eigenvalue weighted by molar-refractivity contribution is 9.39. The lowest BCUT2D eigenvalue weighted by Crippen LogP contribution is -1.97. The lowest BCUT2D eigenvalue weighted by atomic mass is 10.2. The van der Waals surface area contributed by atoms with Crippen molar-refractivity contribution in [1.29, 1.82) is 0 Å². The van der Waals surface area contributed by atoms with E-state index in [4.69, 9.17) is 0 Å². The quantitative estimate of drug-likeness (QED) is 0.533. The fraction of sp³-hybridized carbons (Fsp3) is 1.00. The first-order valence-corrected chi connectivity index (χ1v) is 5.51. The summed E-state index contributed by atoms with van der Waals surface area (Å²) >= 11 is 10.3. The Morgan fingerprint density at radius 2 is 1.67 bits per heavy atom. The van der Waals surface area contributed by atoms with Gasteiger partial charge in [0, 0.05) is 0 Å². The van der Waals surface area contributed by atoms with Crippen LogP contribution in [0.3, 0.4) is 0 Å². The molecule has 9 heavy (non-hydrogen) atoms. The molecule has 0 spiro atoms. The fourth-order valence-electron chi connectivity index (χ4n) is 0.575. The summed E-state index contributed by atoms with van der Waals surface area (Å²) in [5, 5.41) is 0. The standard InChI is InChI=1S/C6H11Br3/c1-2-3-4-5-6(7,8)9/h2-5H2,1H3. The first-order chi connectivity index (χ1) is 4.06. The van der Waals surface area contributed by atoms with Crippen LogP contribution in [0.5, 0.6) is 0 Å². The minimum atomic E-state index is -0.0117. The summed E-state index contributed by atoms with van der Waals surface area (Å²) in [5.74, 6) is 0. The summed E-state index contributed by atoms with van der Waals surface area (Å²) < 4.78 is -0.0117. The van der Waals surface area contributed by atoms with E-state index < -0.39 is 0 Å². The summed E-state index contributed by atoms with van der Waals surface area (Å²) in [6, 6.07) is 0. The van der Waals surface area contributed by atoms with Gasteiger partial charge in [0.1, 0.15) is 2.14 Å². The molecule has 0 saturated carbocycles. The van der Waals surface area contributed by atoms with Crippen molar-refractivity contribution in [2.75, 3.05) is 0 Å². The molecule has 56 valence electrons. The highest BCUT2D eigenvalue weighted by atomic mass is 80.0. The maximum Gasteiger partial charge on any atom is 0.135 e. The van der Waals surface area contributed by atoms with Gasteiger partial charge in [-0.2, -0.15) is 0 Å². The van der Waals surface area contributed by atoms with Crippen molar-refractivity contribution >= 4 is 47.8 Å². The van der Waals surface area contributed by atoms with Gasteiger partial charge in [0.2, 0.25) is 0 Å². The normalized spacial score (nSPS) is 12.0. The van der Waals surface area contributed by atoms with Crippen molar-refractivity contribution in [3.05, 3.63) is 0 Å². The maximum absolute atomic E-state index is 3.44. The molecule has 0 amide bonds. The Balaban J connectivity index is 3.07. The zero-order chi connectivity index (χ0) is 7.33. The number of rotatable bonds is 3. The summed E-state index contributed by atoms with van der Waals surface area (Å²) in [6.07, 6.45) is 4.98. The van der Waals surface area contributed by atoms with Crippen molar-refractivity contribution in [3.63, 3.8) is 0 Å². The lowest BCUT2D eigenvalue weighted by molar-refractivity contribution is 0.694. The van der Waals surface area contributed by atoms with Gasteiger partial charge >= 0.3 is 0 Å². The first kappa shape index (κ1) is 10.4. The van der Waals surface area contributed by atoms with Crippen molar-refractivity contribution in [2.45, 2.75) is 34.7 Å². The van der Waals surface area contributed by atoms with E-state index in [9.17, 15) is 0 Å². The van der Waals surface area contributed by atoms with Crippen molar-refractivity contribution in [3.8, 4) is 0 Å². The minimum absolute atomic E-state index is 0.0117. The summed E-state index contributed by atoms with van der Waals surface area (Å²) in [4.78, 5) is 0. The Hall–Kier alpha value is 1.44. The molecule has 0 atom stereocenters. The molecule has 0 radical (unpaired) electrons. The number of unbranched alkanes of at least 4 members (excludes halogenated alkanes) is 2. The molecule has 0 saturated heterocycles. The van der Waals surface area contributed by atoms with Gasteiger partial charge in [0.25, 0.3) is 0 Å². The number of hydrogen-bond donors (Lipinski definition) is 0. The van der Waals surface area contributed by atoms with E-state index in [-0.39, 0.29) is 2.14 Å². The molecule has 0 aromatic heterocycles. The van der Waals surface area contributed by atoms with Crippen LogP contribution in [0.25, 0.3) is 0 Å². The average molecular weight is 323 g/mol. The molecule has 3 heteroatoms. The van der Waals surface area contributed by atoms with E-state index in [2.05, 4.69) is 54.7 Å². The predicted octanol–water partition coefficient (Wildman–Crippen LogP) is 4.41. The van der Waals surface area contributed by atoms with Gasteiger partial charge in [-0.1, -0.05) is 74.0 Å². The van der Waals surface area contributed by atoms with E-state index in [1.165, 1.54) is 19.3 Å². The molecule has 0 unspecified atom stereocenters. The number of halogens is 3. The largest absolute Gasteiger partial charge is 0.135 e. The molecule has 0 aliphatic rings. The van der Waals surface area contributed by atoms with Crippen LogP contribution in [0.4, 0.5) is 0 Å². The molecule has 0 aromatic carbocycles. The minimum Gasteiger partial charge on any atom is -0.0654 e. The van der Waals surface area contributed by atoms with Crippen LogP contribution < -0.4 is 0 Å². The van der Waals surface area contributed by atoms with E-state index in [0.29, 0.717) is 0 Å².